The molecule has 3 saturated heterocycles. The van der Waals surface area contributed by atoms with Gasteiger partial charge in [-0.2, -0.15) is 10.1 Å². The second-order valence-electron chi connectivity index (χ2n) is 16.9. The second kappa shape index (κ2) is 19.8. The molecule has 0 aliphatic carbocycles. The number of carbonyl (C=O) groups is 3. The molecule has 0 saturated carbocycles. The number of likely N-dealkylation sites (tertiary alicyclic amines) is 1. The minimum Gasteiger partial charge on any atom is -0.495 e. The highest BCUT2D eigenvalue weighted by atomic mass is 79.9. The molecule has 0 bridgehead atoms. The molecule has 19 heteroatoms. The number of halogens is 1. The minimum atomic E-state index is -0.668. The predicted molar refractivity (Wildman–Crippen MR) is 258 cm³/mol. The Labute approximate surface area is 392 Å². The number of anilines is 4. The van der Waals surface area contributed by atoms with Crippen molar-refractivity contribution < 1.29 is 23.9 Å². The lowest BCUT2D eigenvalue weighted by atomic mass is 9.89. The first-order chi connectivity index (χ1) is 32.0. The van der Waals surface area contributed by atoms with Gasteiger partial charge in [0.15, 0.2) is 6.10 Å². The number of fused-ring (bicyclic) bond motifs is 1. The summed E-state index contributed by atoms with van der Waals surface area (Å²) in [6, 6.07) is 15.6. The summed E-state index contributed by atoms with van der Waals surface area (Å²) in [4.78, 5) is 61.0. The number of benzene rings is 3. The van der Waals surface area contributed by atoms with Crippen LogP contribution in [0.1, 0.15) is 48.8 Å². The van der Waals surface area contributed by atoms with Gasteiger partial charge in [0.2, 0.25) is 17.8 Å². The van der Waals surface area contributed by atoms with Crippen LogP contribution < -0.4 is 36.0 Å². The summed E-state index contributed by atoms with van der Waals surface area (Å²) in [6.07, 6.45) is 10.7. The highest BCUT2D eigenvalue weighted by Crippen LogP contribution is 2.41. The fourth-order valence-corrected chi connectivity index (χ4v) is 10.5. The lowest BCUT2D eigenvalue weighted by molar-refractivity contribution is -0.139. The van der Waals surface area contributed by atoms with Crippen LogP contribution in [0.4, 0.5) is 23.1 Å². The number of piperidine rings is 2. The van der Waals surface area contributed by atoms with Gasteiger partial charge in [-0.05, 0) is 114 Å². The molecule has 9 rings (SSSR count). The van der Waals surface area contributed by atoms with Crippen molar-refractivity contribution in [3.05, 3.63) is 95.1 Å². The number of hydrogen-bond donors (Lipinski definition) is 4. The van der Waals surface area contributed by atoms with E-state index in [0.29, 0.717) is 71.9 Å². The van der Waals surface area contributed by atoms with Gasteiger partial charge in [-0.25, -0.2) is 4.98 Å². The third kappa shape index (κ3) is 9.87. The topological polar surface area (TPSA) is 194 Å². The number of aromatic nitrogens is 6. The van der Waals surface area contributed by atoms with Crippen molar-refractivity contribution in [1.29, 1.82) is 0 Å². The SMILES string of the molecule is COc1cc(C2CNCCN2C(=O)CN2CCC(c3ccc(OC4CCC(=O)NC4=O)cc3)CC2)c(-c2cnn(C)c2)cc1Nc1ncc(Br)c(Nc2ccc3nccnc3c2P(C)C)n1. The van der Waals surface area contributed by atoms with E-state index in [0.717, 1.165) is 64.6 Å². The summed E-state index contributed by atoms with van der Waals surface area (Å²) < 4.78 is 14.4. The Morgan fingerprint density at radius 1 is 0.955 bits per heavy atom. The first-order valence-electron chi connectivity index (χ1n) is 22.0. The average Bonchev–Trinajstić information content (AvgIpc) is 3.77. The van der Waals surface area contributed by atoms with Crippen molar-refractivity contribution in [3.8, 4) is 22.6 Å². The van der Waals surface area contributed by atoms with E-state index in [4.69, 9.17) is 14.5 Å². The number of nitrogens with zero attached hydrogens (tertiary/aromatic N) is 8. The Balaban J connectivity index is 0.910. The van der Waals surface area contributed by atoms with Crippen molar-refractivity contribution in [2.75, 3.05) is 70.3 Å². The van der Waals surface area contributed by atoms with E-state index < -0.39 is 19.9 Å². The molecule has 66 heavy (non-hydrogen) atoms. The number of imide groups is 1. The Bertz CT molecular complexity index is 2760. The maximum atomic E-state index is 14.4. The number of piperazine rings is 1. The number of aryl methyl sites for hydroxylation is 1. The molecule has 6 aromatic rings. The van der Waals surface area contributed by atoms with Gasteiger partial charge in [0.25, 0.3) is 5.91 Å². The first-order valence-corrected chi connectivity index (χ1v) is 25.1. The molecule has 342 valence electrons. The lowest BCUT2D eigenvalue weighted by Gasteiger charge is -2.39. The van der Waals surface area contributed by atoms with Crippen LogP contribution in [0, 0.1) is 0 Å². The van der Waals surface area contributed by atoms with Crippen LogP contribution in [0.2, 0.25) is 0 Å². The summed E-state index contributed by atoms with van der Waals surface area (Å²) in [5.41, 5.74) is 7.21. The van der Waals surface area contributed by atoms with E-state index in [-0.39, 0.29) is 24.3 Å². The zero-order valence-electron chi connectivity index (χ0n) is 37.3. The number of carbonyl (C=O) groups excluding carboxylic acids is 3. The molecule has 17 nitrogen and oxygen atoms in total. The number of ether oxygens (including phenoxy) is 2. The van der Waals surface area contributed by atoms with Crippen LogP contribution in [-0.2, 0) is 21.4 Å². The van der Waals surface area contributed by atoms with Gasteiger partial charge >= 0.3 is 0 Å². The standard InChI is InChI=1S/C47H52BrN12O5P/c1-58-26-30(23-53-58)32-21-37(55-47-52-24-34(48)45(57-47)54-36-10-9-35-43(44(36)66(3)4)51-16-15-50-35)40(64-2)22-33(32)38-25-49-17-20-60(38)42(62)27-59-18-13-29(14-19-59)28-5-7-31(8-6-28)65-39-11-12-41(61)56-46(39)63/h5-10,15-16,21-24,26,29,38-39,49H,11-14,17-20,25,27H2,1-4H3,(H,56,61,63)(H2,52,54,55,57). The van der Waals surface area contributed by atoms with Gasteiger partial charge < -0.3 is 30.3 Å². The molecule has 3 aliphatic rings. The van der Waals surface area contributed by atoms with Crippen molar-refractivity contribution in [1.82, 2.24) is 50.1 Å². The van der Waals surface area contributed by atoms with E-state index in [1.165, 1.54) is 5.56 Å². The van der Waals surface area contributed by atoms with E-state index in [1.54, 1.807) is 30.4 Å². The number of methoxy groups -OCH3 is 1. The lowest BCUT2D eigenvalue weighted by Crippen LogP contribution is -2.52. The maximum absolute atomic E-state index is 14.4. The molecule has 3 amide bonds. The molecule has 6 heterocycles. The molecule has 3 aromatic heterocycles. The molecule has 3 aliphatic heterocycles. The molecular formula is C47H52BrN12O5P. The van der Waals surface area contributed by atoms with Gasteiger partial charge in [0, 0.05) is 80.9 Å². The fraction of sp³-hybridized carbons (Fsp3) is 0.362. The Morgan fingerprint density at radius 2 is 1.76 bits per heavy atom. The zero-order chi connectivity index (χ0) is 45.9. The smallest absolute Gasteiger partial charge is 0.267 e. The fourth-order valence-electron chi connectivity index (χ4n) is 9.04. The van der Waals surface area contributed by atoms with Gasteiger partial charge in [-0.1, -0.05) is 20.1 Å². The minimum absolute atomic E-state index is 0.0804. The highest BCUT2D eigenvalue weighted by Gasteiger charge is 2.33. The highest BCUT2D eigenvalue weighted by molar-refractivity contribution is 9.10. The monoisotopic (exact) mass is 974 g/mol. The van der Waals surface area contributed by atoms with E-state index in [2.05, 4.69) is 87.6 Å². The van der Waals surface area contributed by atoms with Crippen molar-refractivity contribution in [2.24, 2.45) is 7.05 Å². The van der Waals surface area contributed by atoms with Crippen LogP contribution in [-0.4, -0.2) is 123 Å². The third-order valence-corrected chi connectivity index (χ3v) is 14.3. The molecular weight excluding hydrogens is 923 g/mol. The van der Waals surface area contributed by atoms with Crippen LogP contribution in [0.25, 0.3) is 22.2 Å². The van der Waals surface area contributed by atoms with Gasteiger partial charge in [0.1, 0.15) is 17.3 Å². The molecule has 4 N–H and O–H groups in total. The van der Waals surface area contributed by atoms with Gasteiger partial charge in [-0.3, -0.25) is 39.3 Å². The van der Waals surface area contributed by atoms with Crippen molar-refractivity contribution in [2.45, 2.75) is 43.7 Å². The quantitative estimate of drug-likeness (QED) is 0.0780. The normalized spacial score (nSPS) is 18.4. The third-order valence-electron chi connectivity index (χ3n) is 12.4. The van der Waals surface area contributed by atoms with E-state index in [1.807, 2.05) is 60.7 Å². The largest absolute Gasteiger partial charge is 0.495 e. The molecule has 3 aromatic carbocycles. The molecule has 0 radical (unpaired) electrons. The van der Waals surface area contributed by atoms with Crippen LogP contribution in [0.3, 0.4) is 0 Å². The number of amides is 3. The molecule has 0 spiro atoms. The summed E-state index contributed by atoms with van der Waals surface area (Å²) in [5.74, 6) is 1.89. The summed E-state index contributed by atoms with van der Waals surface area (Å²) >= 11 is 3.66. The van der Waals surface area contributed by atoms with Crippen molar-refractivity contribution in [3.63, 3.8) is 0 Å². The maximum Gasteiger partial charge on any atom is 0.267 e. The number of hydrogen-bond acceptors (Lipinski definition) is 14. The van der Waals surface area contributed by atoms with Gasteiger partial charge in [0.05, 0.1) is 47.1 Å². The Morgan fingerprint density at radius 3 is 2.50 bits per heavy atom. The molecule has 3 fully saturated rings. The first kappa shape index (κ1) is 45.1. The number of nitrogens with one attached hydrogen (secondary N) is 4. The summed E-state index contributed by atoms with van der Waals surface area (Å²) in [5, 5.41) is 18.5. The second-order valence-corrected chi connectivity index (χ2v) is 20.0. The van der Waals surface area contributed by atoms with E-state index >= 15 is 0 Å². The van der Waals surface area contributed by atoms with E-state index in [9.17, 15) is 14.4 Å². The molecule has 2 unspecified atom stereocenters. The number of rotatable bonds is 13. The Hall–Kier alpha value is -6.07. The summed E-state index contributed by atoms with van der Waals surface area (Å²) in [7, 11) is 2.98. The zero-order valence-corrected chi connectivity index (χ0v) is 39.7. The van der Waals surface area contributed by atoms with Crippen molar-refractivity contribution >= 4 is 81.1 Å². The van der Waals surface area contributed by atoms with Gasteiger partial charge in [-0.15, -0.1) is 0 Å². The Kier molecular flexibility index (Phi) is 13.5. The van der Waals surface area contributed by atoms with Crippen LogP contribution in [0.15, 0.2) is 84.0 Å². The average molecular weight is 976 g/mol. The predicted octanol–water partition coefficient (Wildman–Crippen LogP) is 5.98. The van der Waals surface area contributed by atoms with Crippen LogP contribution >= 0.6 is 23.9 Å². The summed E-state index contributed by atoms with van der Waals surface area (Å²) in [6.45, 7) is 8.13. The van der Waals surface area contributed by atoms with Crippen LogP contribution in [0.5, 0.6) is 11.5 Å². The molecule has 2 atom stereocenters.